The van der Waals surface area contributed by atoms with Gasteiger partial charge in [0.25, 0.3) is 0 Å². The van der Waals surface area contributed by atoms with Gasteiger partial charge in [-0.25, -0.2) is 0 Å². The van der Waals surface area contributed by atoms with E-state index in [-0.39, 0.29) is 16.2 Å². The maximum Gasteiger partial charge on any atom is 0.211 e. The zero-order valence-corrected chi connectivity index (χ0v) is 16.3. The average molecular weight is 317 g/mol. The molecule has 0 N–H and O–H groups in total. The molecule has 1 aliphatic rings. The van der Waals surface area contributed by atoms with Crippen LogP contribution in [0.5, 0.6) is 0 Å². The Morgan fingerprint density at radius 1 is 1.00 bits per heavy atom. The molecule has 1 fully saturated rings. The van der Waals surface area contributed by atoms with Crippen molar-refractivity contribution in [3.63, 3.8) is 0 Å². The molecule has 2 rings (SSSR count). The zero-order chi connectivity index (χ0) is 16.8. The van der Waals surface area contributed by atoms with Crippen LogP contribution in [0.25, 0.3) is 0 Å². The van der Waals surface area contributed by atoms with Crippen molar-refractivity contribution in [2.24, 2.45) is 5.92 Å². The molecule has 1 aliphatic heterocycles. The summed E-state index contributed by atoms with van der Waals surface area (Å²) >= 11 is 0. The molecule has 0 amide bonds. The third kappa shape index (κ3) is 2.50. The molecule has 1 saturated heterocycles. The SMILES string of the molecule is C=C[C@H]1[C@H](C)[C@@H](c2ccccc2)O[Si]1(C(C)(C)C)C(C)(C)C. The fraction of sp³-hybridized carbons (Fsp3) is 0.600. The van der Waals surface area contributed by atoms with Crippen molar-refractivity contribution in [2.75, 3.05) is 0 Å². The van der Waals surface area contributed by atoms with Gasteiger partial charge in [-0.05, 0) is 21.6 Å². The lowest BCUT2D eigenvalue weighted by Gasteiger charge is -2.51. The number of hydrogen-bond donors (Lipinski definition) is 0. The molecule has 0 aromatic heterocycles. The fourth-order valence-corrected chi connectivity index (χ4v) is 11.9. The highest BCUT2D eigenvalue weighted by atomic mass is 28.4. The van der Waals surface area contributed by atoms with E-state index < -0.39 is 8.32 Å². The number of rotatable bonds is 2. The van der Waals surface area contributed by atoms with Crippen molar-refractivity contribution in [1.82, 2.24) is 0 Å². The maximum absolute atomic E-state index is 7.05. The van der Waals surface area contributed by atoms with E-state index in [0.29, 0.717) is 11.5 Å². The first-order valence-electron chi connectivity index (χ1n) is 8.41. The number of allylic oxidation sites excluding steroid dienone is 1. The van der Waals surface area contributed by atoms with Crippen LogP contribution >= 0.6 is 0 Å². The molecule has 0 spiro atoms. The second kappa shape index (κ2) is 5.65. The van der Waals surface area contributed by atoms with Gasteiger partial charge in [-0.2, -0.15) is 0 Å². The Balaban J connectivity index is 2.58. The van der Waals surface area contributed by atoms with Gasteiger partial charge in [0, 0.05) is 5.54 Å². The van der Waals surface area contributed by atoms with E-state index in [9.17, 15) is 0 Å². The van der Waals surface area contributed by atoms with Crippen LogP contribution in [0.2, 0.25) is 15.6 Å². The Hall–Kier alpha value is -0.863. The van der Waals surface area contributed by atoms with Crippen LogP contribution in [0.4, 0.5) is 0 Å². The van der Waals surface area contributed by atoms with E-state index in [1.165, 1.54) is 5.56 Å². The van der Waals surface area contributed by atoms with Gasteiger partial charge in [-0.15, -0.1) is 6.58 Å². The molecule has 0 bridgehead atoms. The first-order valence-corrected chi connectivity index (χ1v) is 10.4. The Morgan fingerprint density at radius 3 is 1.86 bits per heavy atom. The van der Waals surface area contributed by atoms with Crippen LogP contribution in [0.15, 0.2) is 43.0 Å². The summed E-state index contributed by atoms with van der Waals surface area (Å²) in [7, 11) is -2.09. The second-order valence-electron chi connectivity index (χ2n) is 8.81. The molecule has 0 unspecified atom stereocenters. The summed E-state index contributed by atoms with van der Waals surface area (Å²) in [4.78, 5) is 0. The van der Waals surface area contributed by atoms with Crippen molar-refractivity contribution in [2.45, 2.75) is 70.2 Å². The lowest BCUT2D eigenvalue weighted by atomic mass is 9.94. The minimum absolute atomic E-state index is 0.169. The topological polar surface area (TPSA) is 9.23 Å². The molecule has 0 aliphatic carbocycles. The summed E-state index contributed by atoms with van der Waals surface area (Å²) in [5.41, 5.74) is 1.78. The molecule has 1 aromatic carbocycles. The quantitative estimate of drug-likeness (QED) is 0.447. The van der Waals surface area contributed by atoms with Gasteiger partial charge >= 0.3 is 0 Å². The van der Waals surface area contributed by atoms with Crippen LogP contribution in [-0.4, -0.2) is 8.32 Å². The van der Waals surface area contributed by atoms with Gasteiger partial charge in [0.1, 0.15) is 0 Å². The molecular weight excluding hydrogens is 284 g/mol. The maximum atomic E-state index is 7.05. The van der Waals surface area contributed by atoms with Crippen molar-refractivity contribution in [3.05, 3.63) is 48.6 Å². The van der Waals surface area contributed by atoms with Crippen molar-refractivity contribution in [3.8, 4) is 0 Å². The Bertz CT molecular complexity index is 507. The summed E-state index contributed by atoms with van der Waals surface area (Å²) in [6.45, 7) is 20.7. The first-order chi connectivity index (χ1) is 10.1. The van der Waals surface area contributed by atoms with E-state index in [0.717, 1.165) is 0 Å². The highest BCUT2D eigenvalue weighted by Gasteiger charge is 2.65. The van der Waals surface area contributed by atoms with Crippen LogP contribution in [-0.2, 0) is 4.43 Å². The molecule has 22 heavy (non-hydrogen) atoms. The third-order valence-electron chi connectivity index (χ3n) is 5.44. The molecule has 2 heteroatoms. The highest BCUT2D eigenvalue weighted by Crippen LogP contribution is 2.66. The smallest absolute Gasteiger partial charge is 0.211 e. The van der Waals surface area contributed by atoms with E-state index in [1.54, 1.807) is 0 Å². The van der Waals surface area contributed by atoms with Crippen molar-refractivity contribution >= 4 is 8.32 Å². The van der Waals surface area contributed by atoms with Gasteiger partial charge < -0.3 is 4.43 Å². The molecule has 1 nitrogen and oxygen atoms in total. The Labute approximate surface area is 137 Å². The monoisotopic (exact) mass is 316 g/mol. The molecule has 1 heterocycles. The zero-order valence-electron chi connectivity index (χ0n) is 15.3. The number of hydrogen-bond acceptors (Lipinski definition) is 1. The normalized spacial score (nSPS) is 28.6. The molecule has 122 valence electrons. The van der Waals surface area contributed by atoms with Crippen LogP contribution < -0.4 is 0 Å². The Kier molecular flexibility index (Phi) is 4.49. The van der Waals surface area contributed by atoms with Gasteiger partial charge in [0.15, 0.2) is 0 Å². The third-order valence-corrected chi connectivity index (χ3v) is 12.2. The van der Waals surface area contributed by atoms with Gasteiger partial charge in [0.05, 0.1) is 6.10 Å². The van der Waals surface area contributed by atoms with Crippen molar-refractivity contribution < 1.29 is 4.43 Å². The Morgan fingerprint density at radius 2 is 1.50 bits per heavy atom. The summed E-state index contributed by atoms with van der Waals surface area (Å²) in [6.07, 6.45) is 2.38. The summed E-state index contributed by atoms with van der Waals surface area (Å²) in [6, 6.07) is 10.7. The highest BCUT2D eigenvalue weighted by molar-refractivity contribution is 6.81. The van der Waals surface area contributed by atoms with E-state index in [2.05, 4.69) is 91.5 Å². The molecule has 0 radical (unpaired) electrons. The lowest BCUT2D eigenvalue weighted by Crippen LogP contribution is -2.54. The minimum atomic E-state index is -2.09. The van der Waals surface area contributed by atoms with Crippen LogP contribution in [0.3, 0.4) is 0 Å². The van der Waals surface area contributed by atoms with E-state index in [1.807, 2.05) is 0 Å². The predicted octanol–water partition coefficient (Wildman–Crippen LogP) is 6.50. The minimum Gasteiger partial charge on any atom is -0.408 e. The first kappa shape index (κ1) is 17.5. The molecular formula is C20H32OSi. The summed E-state index contributed by atoms with van der Waals surface area (Å²) < 4.78 is 7.05. The van der Waals surface area contributed by atoms with E-state index in [4.69, 9.17) is 4.43 Å². The number of benzene rings is 1. The fourth-order valence-electron chi connectivity index (χ4n) is 4.82. The largest absolute Gasteiger partial charge is 0.408 e. The molecule has 3 atom stereocenters. The predicted molar refractivity (Wildman–Crippen MR) is 98.6 cm³/mol. The standard InChI is InChI=1S/C20H32OSi/c1-9-17-15(2)18(16-13-11-10-12-14-16)21-22(17,19(3,4)5)20(6,7)8/h9-15,17-18H,1H2,2-8H3/t15-,17-,18-/m0/s1. The molecule has 0 saturated carbocycles. The van der Waals surface area contributed by atoms with Gasteiger partial charge in [-0.1, -0.05) is 84.9 Å². The lowest BCUT2D eigenvalue weighted by molar-refractivity contribution is 0.169. The van der Waals surface area contributed by atoms with E-state index >= 15 is 0 Å². The average Bonchev–Trinajstić information content (AvgIpc) is 2.73. The van der Waals surface area contributed by atoms with Gasteiger partial charge in [-0.3, -0.25) is 0 Å². The van der Waals surface area contributed by atoms with Crippen molar-refractivity contribution in [1.29, 1.82) is 0 Å². The molecule has 1 aromatic rings. The van der Waals surface area contributed by atoms with Crippen LogP contribution in [0, 0.1) is 5.92 Å². The summed E-state index contributed by atoms with van der Waals surface area (Å²) in [5.74, 6) is 0.477. The summed E-state index contributed by atoms with van der Waals surface area (Å²) in [5, 5.41) is 0.337. The second-order valence-corrected chi connectivity index (χ2v) is 14.2. The van der Waals surface area contributed by atoms with Gasteiger partial charge in [0.2, 0.25) is 8.32 Å². The van der Waals surface area contributed by atoms with Crippen LogP contribution in [0.1, 0.15) is 60.1 Å².